The Labute approximate surface area is 148 Å². The number of nitroso groups, excluding NO2 is 1. The van der Waals surface area contributed by atoms with Crippen LogP contribution in [0.15, 0.2) is 39.9 Å². The van der Waals surface area contributed by atoms with Gasteiger partial charge < -0.3 is 9.15 Å². The Bertz CT molecular complexity index is 1020. The van der Waals surface area contributed by atoms with Crippen molar-refractivity contribution in [2.45, 2.75) is 26.2 Å². The summed E-state index contributed by atoms with van der Waals surface area (Å²) >= 11 is 0. The number of ether oxygens (including phenoxy) is 1. The van der Waals surface area contributed by atoms with Crippen molar-refractivity contribution < 1.29 is 14.1 Å². The summed E-state index contributed by atoms with van der Waals surface area (Å²) < 4.78 is 11.3. The molecule has 3 rings (SSSR count). The Morgan fingerprint density at radius 1 is 1.23 bits per heavy atom. The molecule has 0 radical (unpaired) electrons. The molecule has 134 valence electrons. The molecule has 0 N–H and O–H groups in total. The normalized spacial score (nSPS) is 11.5. The number of fused-ring (bicyclic) bond motifs is 1. The maximum absolute atomic E-state index is 11.4. The summed E-state index contributed by atoms with van der Waals surface area (Å²) in [6.45, 7) is 5.81. The van der Waals surface area contributed by atoms with Gasteiger partial charge in [-0.2, -0.15) is 0 Å². The average Bonchev–Trinajstić information content (AvgIpc) is 3.02. The molecule has 0 bridgehead atoms. The molecule has 0 aliphatic heterocycles. The zero-order chi connectivity index (χ0) is 19.1. The van der Waals surface area contributed by atoms with Gasteiger partial charge in [0.15, 0.2) is 5.58 Å². The van der Waals surface area contributed by atoms with E-state index in [0.717, 1.165) is 0 Å². The lowest BCUT2D eigenvalue weighted by molar-refractivity contribution is -0.384. The molecule has 0 saturated carbocycles. The summed E-state index contributed by atoms with van der Waals surface area (Å²) in [4.78, 5) is 26.0. The molecule has 3 aromatic rings. The molecule has 8 heteroatoms. The largest absolute Gasteiger partial charge is 0.496 e. The van der Waals surface area contributed by atoms with Crippen LogP contribution in [0, 0.1) is 15.0 Å². The number of nitro benzene ring substituents is 1. The van der Waals surface area contributed by atoms with E-state index in [2.05, 4.69) is 10.2 Å². The number of hydrogen-bond acceptors (Lipinski definition) is 7. The van der Waals surface area contributed by atoms with E-state index in [1.807, 2.05) is 20.8 Å². The summed E-state index contributed by atoms with van der Waals surface area (Å²) in [6.07, 6.45) is 0. The number of rotatable bonds is 4. The number of oxazole rings is 1. The number of non-ortho nitro benzene ring substituents is 1. The SMILES string of the molecule is COc1c(-c2nc3cc(N=O)ccc3o2)cc([N+](=O)[O-])cc1C(C)(C)C. The third kappa shape index (κ3) is 3.01. The number of aromatic nitrogens is 1. The number of hydrogen-bond donors (Lipinski definition) is 0. The molecule has 2 aromatic carbocycles. The van der Waals surface area contributed by atoms with Crippen molar-refractivity contribution in [1.82, 2.24) is 4.98 Å². The smallest absolute Gasteiger partial charge is 0.270 e. The van der Waals surface area contributed by atoms with Gasteiger partial charge in [-0.15, -0.1) is 4.91 Å². The van der Waals surface area contributed by atoms with Crippen LogP contribution in [0.1, 0.15) is 26.3 Å². The molecule has 0 saturated heterocycles. The molecule has 1 aromatic heterocycles. The first kappa shape index (κ1) is 17.5. The van der Waals surface area contributed by atoms with Crippen LogP contribution in [0.25, 0.3) is 22.6 Å². The molecule has 0 atom stereocenters. The molecule has 0 fully saturated rings. The highest BCUT2D eigenvalue weighted by atomic mass is 16.6. The van der Waals surface area contributed by atoms with Crippen LogP contribution < -0.4 is 4.74 Å². The lowest BCUT2D eigenvalue weighted by Crippen LogP contribution is -2.14. The van der Waals surface area contributed by atoms with Gasteiger partial charge in [0.05, 0.1) is 17.6 Å². The number of benzene rings is 2. The summed E-state index contributed by atoms with van der Waals surface area (Å²) in [5.74, 6) is 0.637. The second kappa shape index (κ2) is 6.21. The molecule has 0 aliphatic rings. The number of nitrogens with zero attached hydrogens (tertiary/aromatic N) is 3. The van der Waals surface area contributed by atoms with Crippen molar-refractivity contribution in [2.24, 2.45) is 5.18 Å². The van der Waals surface area contributed by atoms with E-state index >= 15 is 0 Å². The van der Waals surface area contributed by atoms with Crippen molar-refractivity contribution in [3.8, 4) is 17.2 Å². The molecular formula is C18H17N3O5. The van der Waals surface area contributed by atoms with Crippen LogP contribution in [0.4, 0.5) is 11.4 Å². The first-order valence-corrected chi connectivity index (χ1v) is 7.86. The van der Waals surface area contributed by atoms with E-state index < -0.39 is 10.3 Å². The maximum atomic E-state index is 11.4. The van der Waals surface area contributed by atoms with E-state index in [9.17, 15) is 15.0 Å². The van der Waals surface area contributed by atoms with E-state index in [1.165, 1.54) is 31.4 Å². The summed E-state index contributed by atoms with van der Waals surface area (Å²) in [7, 11) is 1.50. The van der Waals surface area contributed by atoms with Crippen molar-refractivity contribution in [3.63, 3.8) is 0 Å². The van der Waals surface area contributed by atoms with Crippen LogP contribution >= 0.6 is 0 Å². The second-order valence-electron chi connectivity index (χ2n) is 6.84. The Kier molecular flexibility index (Phi) is 4.19. The average molecular weight is 355 g/mol. The number of methoxy groups -OCH3 is 1. The monoisotopic (exact) mass is 355 g/mol. The molecule has 0 aliphatic carbocycles. The Morgan fingerprint density at radius 2 is 1.96 bits per heavy atom. The van der Waals surface area contributed by atoms with Gasteiger partial charge in [-0.05, 0) is 28.8 Å². The molecule has 26 heavy (non-hydrogen) atoms. The Balaban J connectivity index is 2.30. The van der Waals surface area contributed by atoms with Crippen LogP contribution in [-0.2, 0) is 5.41 Å². The van der Waals surface area contributed by atoms with Crippen LogP contribution in [-0.4, -0.2) is 17.0 Å². The fourth-order valence-electron chi connectivity index (χ4n) is 2.74. The van der Waals surface area contributed by atoms with Gasteiger partial charge in [-0.25, -0.2) is 4.98 Å². The van der Waals surface area contributed by atoms with Crippen LogP contribution in [0.2, 0.25) is 0 Å². The third-order valence-corrected chi connectivity index (χ3v) is 4.00. The van der Waals surface area contributed by atoms with Gasteiger partial charge in [-0.3, -0.25) is 10.1 Å². The van der Waals surface area contributed by atoms with Gasteiger partial charge >= 0.3 is 0 Å². The molecular weight excluding hydrogens is 338 g/mol. The standard InChI is InChI=1S/C18H17N3O5/c1-18(2,3)13-9-11(21(23)24)8-12(16(13)25-4)17-19-14-7-10(20-22)5-6-15(14)26-17/h5-9H,1-4H3. The van der Waals surface area contributed by atoms with Gasteiger partial charge in [0.25, 0.3) is 5.69 Å². The fourth-order valence-corrected chi connectivity index (χ4v) is 2.74. The summed E-state index contributed by atoms with van der Waals surface area (Å²) in [5, 5.41) is 14.3. The lowest BCUT2D eigenvalue weighted by atomic mass is 9.84. The minimum Gasteiger partial charge on any atom is -0.496 e. The summed E-state index contributed by atoms with van der Waals surface area (Å²) in [6, 6.07) is 7.45. The van der Waals surface area contributed by atoms with Gasteiger partial charge in [0.1, 0.15) is 17.0 Å². The van der Waals surface area contributed by atoms with Gasteiger partial charge in [-0.1, -0.05) is 20.8 Å². The van der Waals surface area contributed by atoms with Crippen molar-refractivity contribution in [3.05, 3.63) is 50.9 Å². The highest BCUT2D eigenvalue weighted by molar-refractivity contribution is 5.81. The van der Waals surface area contributed by atoms with Crippen molar-refractivity contribution in [2.75, 3.05) is 7.11 Å². The minimum atomic E-state index is -0.463. The van der Waals surface area contributed by atoms with E-state index in [-0.39, 0.29) is 17.3 Å². The Morgan fingerprint density at radius 3 is 2.54 bits per heavy atom. The minimum absolute atomic E-state index is 0.0803. The predicted octanol–water partition coefficient (Wildman–Crippen LogP) is 5.11. The molecule has 0 spiro atoms. The zero-order valence-electron chi connectivity index (χ0n) is 14.8. The third-order valence-electron chi connectivity index (χ3n) is 4.00. The highest BCUT2D eigenvalue weighted by Crippen LogP contribution is 2.42. The topological polar surface area (TPSA) is 108 Å². The van der Waals surface area contributed by atoms with Crippen molar-refractivity contribution >= 4 is 22.5 Å². The van der Waals surface area contributed by atoms with Crippen LogP contribution in [0.5, 0.6) is 5.75 Å². The maximum Gasteiger partial charge on any atom is 0.270 e. The zero-order valence-corrected chi connectivity index (χ0v) is 14.8. The van der Waals surface area contributed by atoms with Crippen LogP contribution in [0.3, 0.4) is 0 Å². The fraction of sp³-hybridized carbons (Fsp3) is 0.278. The Hall–Kier alpha value is -3.29. The molecule has 8 nitrogen and oxygen atoms in total. The lowest BCUT2D eigenvalue weighted by Gasteiger charge is -2.23. The predicted molar refractivity (Wildman–Crippen MR) is 96.8 cm³/mol. The quantitative estimate of drug-likeness (QED) is 0.366. The summed E-state index contributed by atoms with van der Waals surface area (Å²) in [5.41, 5.74) is 1.67. The molecule has 0 unspecified atom stereocenters. The second-order valence-corrected chi connectivity index (χ2v) is 6.84. The molecule has 1 heterocycles. The van der Waals surface area contributed by atoms with Gasteiger partial charge in [0.2, 0.25) is 5.89 Å². The van der Waals surface area contributed by atoms with E-state index in [0.29, 0.717) is 28.0 Å². The molecule has 0 amide bonds. The van der Waals surface area contributed by atoms with Crippen molar-refractivity contribution in [1.29, 1.82) is 0 Å². The van der Waals surface area contributed by atoms with E-state index in [1.54, 1.807) is 6.07 Å². The highest BCUT2D eigenvalue weighted by Gasteiger charge is 2.28. The first-order valence-electron chi connectivity index (χ1n) is 7.86. The first-order chi connectivity index (χ1) is 12.2. The number of nitro groups is 1. The van der Waals surface area contributed by atoms with E-state index in [4.69, 9.17) is 9.15 Å². The van der Waals surface area contributed by atoms with Gasteiger partial charge in [0, 0.05) is 17.7 Å².